The van der Waals surface area contributed by atoms with E-state index in [1.165, 1.54) is 12.1 Å². The molecule has 0 amide bonds. The van der Waals surface area contributed by atoms with Gasteiger partial charge in [-0.2, -0.15) is 0 Å². The molecule has 3 aromatic rings. The quantitative estimate of drug-likeness (QED) is 0.760. The van der Waals surface area contributed by atoms with E-state index in [-0.39, 0.29) is 11.3 Å². The number of halogens is 1. The smallest absolute Gasteiger partial charge is 0.335 e. The Bertz CT molecular complexity index is 862. The number of aromatic amines is 1. The molecule has 0 atom stereocenters. The zero-order valence-corrected chi connectivity index (χ0v) is 12.5. The number of hydrogen-bond acceptors (Lipinski definition) is 3. The zero-order valence-electron chi connectivity index (χ0n) is 10.1. The van der Waals surface area contributed by atoms with Crippen LogP contribution in [0.5, 0.6) is 0 Å². The van der Waals surface area contributed by atoms with E-state index in [9.17, 15) is 9.59 Å². The van der Waals surface area contributed by atoms with E-state index < -0.39 is 5.97 Å². The fourth-order valence-electron chi connectivity index (χ4n) is 2.05. The van der Waals surface area contributed by atoms with Gasteiger partial charge in [0, 0.05) is 4.88 Å². The fourth-order valence-corrected chi connectivity index (χ4v) is 3.52. The van der Waals surface area contributed by atoms with Gasteiger partial charge in [-0.25, -0.2) is 9.59 Å². The molecule has 0 fully saturated rings. The van der Waals surface area contributed by atoms with Crippen molar-refractivity contribution in [2.75, 3.05) is 0 Å². The molecule has 2 heterocycles. The molecule has 2 aromatic heterocycles. The van der Waals surface area contributed by atoms with E-state index in [1.54, 1.807) is 22.0 Å². The molecule has 0 spiro atoms. The monoisotopic (exact) mass is 352 g/mol. The SMILES string of the molecule is O=C(O)c1ccc2c(c1)[nH]c(=O)n2Cc1ccc(Br)s1. The molecule has 0 unspecified atom stereocenters. The topological polar surface area (TPSA) is 75.1 Å². The van der Waals surface area contributed by atoms with Crippen molar-refractivity contribution in [3.8, 4) is 0 Å². The van der Waals surface area contributed by atoms with Crippen LogP contribution in [-0.2, 0) is 6.54 Å². The molecule has 3 rings (SSSR count). The Balaban J connectivity index is 2.09. The van der Waals surface area contributed by atoms with Crippen LogP contribution in [0.3, 0.4) is 0 Å². The Morgan fingerprint density at radius 1 is 1.35 bits per heavy atom. The maximum absolute atomic E-state index is 12.0. The number of hydrogen-bond donors (Lipinski definition) is 2. The molecule has 102 valence electrons. The molecule has 0 saturated heterocycles. The predicted octanol–water partition coefficient (Wildman–Crippen LogP) is 2.90. The highest BCUT2D eigenvalue weighted by Crippen LogP contribution is 2.23. The number of imidazole rings is 1. The second-order valence-electron chi connectivity index (χ2n) is 4.26. The Hall–Kier alpha value is -1.86. The predicted molar refractivity (Wildman–Crippen MR) is 80.6 cm³/mol. The summed E-state index contributed by atoms with van der Waals surface area (Å²) < 4.78 is 2.60. The summed E-state index contributed by atoms with van der Waals surface area (Å²) in [6.07, 6.45) is 0. The zero-order chi connectivity index (χ0) is 14.3. The minimum Gasteiger partial charge on any atom is -0.478 e. The molecule has 0 aliphatic carbocycles. The normalized spacial score (nSPS) is 11.1. The third kappa shape index (κ3) is 2.30. The van der Waals surface area contributed by atoms with Gasteiger partial charge in [-0.15, -0.1) is 11.3 Å². The fraction of sp³-hybridized carbons (Fsp3) is 0.0769. The van der Waals surface area contributed by atoms with Gasteiger partial charge in [0.2, 0.25) is 0 Å². The second kappa shape index (κ2) is 4.92. The molecule has 1 aromatic carbocycles. The molecule has 7 heteroatoms. The maximum Gasteiger partial charge on any atom is 0.335 e. The Morgan fingerprint density at radius 2 is 2.15 bits per heavy atom. The number of nitrogens with one attached hydrogen (secondary N) is 1. The minimum absolute atomic E-state index is 0.157. The van der Waals surface area contributed by atoms with Crippen LogP contribution in [0, 0.1) is 0 Å². The van der Waals surface area contributed by atoms with E-state index in [2.05, 4.69) is 20.9 Å². The number of benzene rings is 1. The van der Waals surface area contributed by atoms with Gasteiger partial charge in [0.05, 0.1) is 26.9 Å². The lowest BCUT2D eigenvalue weighted by Gasteiger charge is -2.01. The van der Waals surface area contributed by atoms with Gasteiger partial charge in [-0.05, 0) is 46.3 Å². The summed E-state index contributed by atoms with van der Waals surface area (Å²) in [7, 11) is 0. The molecule has 20 heavy (non-hydrogen) atoms. The number of carbonyl (C=O) groups is 1. The van der Waals surface area contributed by atoms with E-state index in [0.717, 1.165) is 8.66 Å². The van der Waals surface area contributed by atoms with E-state index in [0.29, 0.717) is 17.6 Å². The van der Waals surface area contributed by atoms with Crippen LogP contribution in [0.25, 0.3) is 11.0 Å². The molecule has 5 nitrogen and oxygen atoms in total. The first-order valence-corrected chi connectivity index (χ1v) is 7.35. The number of carboxylic acid groups (broad SMARTS) is 1. The van der Waals surface area contributed by atoms with Crippen LogP contribution in [0.4, 0.5) is 0 Å². The summed E-state index contributed by atoms with van der Waals surface area (Å²) >= 11 is 4.95. The van der Waals surface area contributed by atoms with E-state index >= 15 is 0 Å². The van der Waals surface area contributed by atoms with Gasteiger partial charge in [0.15, 0.2) is 0 Å². The summed E-state index contributed by atoms with van der Waals surface area (Å²) in [6, 6.07) is 8.51. The van der Waals surface area contributed by atoms with Crippen molar-refractivity contribution in [2.45, 2.75) is 6.54 Å². The van der Waals surface area contributed by atoms with Crippen LogP contribution in [0.2, 0.25) is 0 Å². The highest BCUT2D eigenvalue weighted by Gasteiger charge is 2.11. The Kier molecular flexibility index (Phi) is 3.23. The van der Waals surface area contributed by atoms with Crippen molar-refractivity contribution in [3.05, 3.63) is 55.0 Å². The molecular formula is C13H9BrN2O3S. The molecule has 0 radical (unpaired) electrons. The van der Waals surface area contributed by atoms with Gasteiger partial charge < -0.3 is 10.1 Å². The largest absolute Gasteiger partial charge is 0.478 e. The lowest BCUT2D eigenvalue weighted by molar-refractivity contribution is 0.0697. The van der Waals surface area contributed by atoms with Gasteiger partial charge >= 0.3 is 11.7 Å². The van der Waals surface area contributed by atoms with Gasteiger partial charge in [0.25, 0.3) is 0 Å². The Morgan fingerprint density at radius 3 is 2.80 bits per heavy atom. The van der Waals surface area contributed by atoms with Gasteiger partial charge in [-0.1, -0.05) is 0 Å². The third-order valence-corrected chi connectivity index (χ3v) is 4.57. The third-order valence-electron chi connectivity index (χ3n) is 2.96. The molecular weight excluding hydrogens is 344 g/mol. The molecule has 2 N–H and O–H groups in total. The summed E-state index contributed by atoms with van der Waals surface area (Å²) in [5.74, 6) is -1.01. The highest BCUT2D eigenvalue weighted by molar-refractivity contribution is 9.11. The molecule has 0 saturated carbocycles. The van der Waals surface area contributed by atoms with Crippen molar-refractivity contribution in [3.63, 3.8) is 0 Å². The summed E-state index contributed by atoms with van der Waals surface area (Å²) in [5.41, 5.74) is 1.15. The number of thiophene rings is 1. The van der Waals surface area contributed by atoms with Crippen LogP contribution >= 0.6 is 27.3 Å². The number of aromatic carboxylic acids is 1. The maximum atomic E-state index is 12.0. The van der Waals surface area contributed by atoms with Crippen molar-refractivity contribution < 1.29 is 9.90 Å². The Labute approximate surface area is 125 Å². The molecule has 0 aliphatic rings. The number of rotatable bonds is 3. The number of H-pyrrole nitrogens is 1. The van der Waals surface area contributed by atoms with Crippen molar-refractivity contribution >= 4 is 44.3 Å². The number of nitrogens with zero attached hydrogens (tertiary/aromatic N) is 1. The minimum atomic E-state index is -1.01. The van der Waals surface area contributed by atoms with Crippen molar-refractivity contribution in [1.82, 2.24) is 9.55 Å². The summed E-state index contributed by atoms with van der Waals surface area (Å²) in [4.78, 5) is 26.6. The van der Waals surface area contributed by atoms with Gasteiger partial charge in [0.1, 0.15) is 0 Å². The first kappa shape index (κ1) is 13.1. The number of fused-ring (bicyclic) bond motifs is 1. The first-order valence-electron chi connectivity index (χ1n) is 5.74. The van der Waals surface area contributed by atoms with Crippen LogP contribution in [0.15, 0.2) is 38.9 Å². The highest BCUT2D eigenvalue weighted by atomic mass is 79.9. The number of aromatic nitrogens is 2. The number of carboxylic acids is 1. The summed E-state index contributed by atoms with van der Waals surface area (Å²) in [5, 5.41) is 8.96. The summed E-state index contributed by atoms with van der Waals surface area (Å²) in [6.45, 7) is 0.460. The lowest BCUT2D eigenvalue weighted by atomic mass is 10.2. The van der Waals surface area contributed by atoms with Crippen molar-refractivity contribution in [1.29, 1.82) is 0 Å². The average Bonchev–Trinajstić information content (AvgIpc) is 2.94. The van der Waals surface area contributed by atoms with Crippen LogP contribution in [-0.4, -0.2) is 20.6 Å². The van der Waals surface area contributed by atoms with E-state index in [4.69, 9.17) is 5.11 Å². The van der Waals surface area contributed by atoms with Crippen LogP contribution in [0.1, 0.15) is 15.2 Å². The molecule has 0 aliphatic heterocycles. The lowest BCUT2D eigenvalue weighted by Crippen LogP contribution is -2.16. The van der Waals surface area contributed by atoms with Gasteiger partial charge in [-0.3, -0.25) is 4.57 Å². The average molecular weight is 353 g/mol. The first-order chi connectivity index (χ1) is 9.54. The van der Waals surface area contributed by atoms with Crippen LogP contribution < -0.4 is 5.69 Å². The standard InChI is InChI=1S/C13H9BrN2O3S/c14-11-4-2-8(20-11)6-16-10-3-1-7(12(17)18)5-9(10)15-13(16)19/h1-5H,6H2,(H,15,19)(H,17,18). The molecule has 0 bridgehead atoms. The van der Waals surface area contributed by atoms with E-state index in [1.807, 2.05) is 12.1 Å². The second-order valence-corrected chi connectivity index (χ2v) is 6.81. The van der Waals surface area contributed by atoms with Crippen molar-refractivity contribution in [2.24, 2.45) is 0 Å².